The molecule has 7 heteroatoms. The number of carbonyl (C=O) groups is 1. The molecule has 0 N–H and O–H groups in total. The molecule has 5 rings (SSSR count). The zero-order valence-corrected chi connectivity index (χ0v) is 17.3. The Bertz CT molecular complexity index is 1080. The van der Waals surface area contributed by atoms with E-state index in [-0.39, 0.29) is 11.7 Å². The second-order valence-corrected chi connectivity index (χ2v) is 7.91. The van der Waals surface area contributed by atoms with Crippen molar-refractivity contribution in [2.24, 2.45) is 5.92 Å². The van der Waals surface area contributed by atoms with Crippen LogP contribution in [0.5, 0.6) is 0 Å². The number of carbonyl (C=O) groups excluding carboxylic acids is 1. The van der Waals surface area contributed by atoms with Crippen LogP contribution in [0.15, 0.2) is 61.1 Å². The van der Waals surface area contributed by atoms with Crippen LogP contribution in [0.1, 0.15) is 28.0 Å². The monoisotopic (exact) mass is 412 g/mol. The number of hydrogen-bond donors (Lipinski definition) is 0. The molecule has 1 aliphatic heterocycles. The summed E-state index contributed by atoms with van der Waals surface area (Å²) in [7, 11) is 0. The van der Waals surface area contributed by atoms with Crippen LogP contribution in [0.25, 0.3) is 6.08 Å². The van der Waals surface area contributed by atoms with Gasteiger partial charge in [-0.1, -0.05) is 42.5 Å². The quantitative estimate of drug-likeness (QED) is 0.652. The average Bonchev–Trinajstić information content (AvgIpc) is 2.84. The second kappa shape index (κ2) is 8.63. The second-order valence-electron chi connectivity index (χ2n) is 7.91. The number of aromatic nitrogens is 4. The summed E-state index contributed by atoms with van der Waals surface area (Å²) in [5.41, 5.74) is 2.67. The van der Waals surface area contributed by atoms with Crippen molar-refractivity contribution < 1.29 is 4.79 Å². The molecule has 1 fully saturated rings. The number of anilines is 2. The van der Waals surface area contributed by atoms with Crippen molar-refractivity contribution in [3.05, 3.63) is 77.9 Å². The molecule has 156 valence electrons. The summed E-state index contributed by atoms with van der Waals surface area (Å²) in [4.78, 5) is 35.0. The lowest BCUT2D eigenvalue weighted by Gasteiger charge is -2.35. The minimum absolute atomic E-state index is 0.126. The molecule has 2 aliphatic rings. The first-order valence-electron chi connectivity index (χ1n) is 10.7. The molecule has 31 heavy (non-hydrogen) atoms. The molecule has 0 bridgehead atoms. The first-order valence-corrected chi connectivity index (χ1v) is 10.7. The predicted molar refractivity (Wildman–Crippen MR) is 120 cm³/mol. The number of benzene rings is 1. The Kier molecular flexibility index (Phi) is 5.39. The zero-order chi connectivity index (χ0) is 21.0. The molecule has 0 spiro atoms. The average molecular weight is 412 g/mol. The summed E-state index contributed by atoms with van der Waals surface area (Å²) in [6, 6.07) is 12.0. The van der Waals surface area contributed by atoms with Crippen LogP contribution in [0.3, 0.4) is 0 Å². The maximum absolute atomic E-state index is 12.6. The van der Waals surface area contributed by atoms with Crippen molar-refractivity contribution in [3.8, 4) is 0 Å². The Labute approximate surface area is 181 Å². The number of nitrogens with zero attached hydrogens (tertiary/aromatic N) is 6. The van der Waals surface area contributed by atoms with Gasteiger partial charge in [0.1, 0.15) is 0 Å². The van der Waals surface area contributed by atoms with Crippen LogP contribution in [-0.4, -0.2) is 51.9 Å². The first kappa shape index (κ1) is 19.4. The normalized spacial score (nSPS) is 19.0. The maximum atomic E-state index is 12.6. The Balaban J connectivity index is 1.28. The number of allylic oxidation sites excluding steroid dienone is 1. The fourth-order valence-corrected chi connectivity index (χ4v) is 4.12. The van der Waals surface area contributed by atoms with E-state index in [0.29, 0.717) is 17.9 Å². The van der Waals surface area contributed by atoms with Crippen LogP contribution in [0.2, 0.25) is 0 Å². The Morgan fingerprint density at radius 2 is 1.55 bits per heavy atom. The Morgan fingerprint density at radius 3 is 2.29 bits per heavy atom. The van der Waals surface area contributed by atoms with E-state index in [1.807, 2.05) is 24.3 Å². The van der Waals surface area contributed by atoms with Crippen molar-refractivity contribution >= 4 is 23.8 Å². The van der Waals surface area contributed by atoms with Gasteiger partial charge in [0.05, 0.1) is 11.3 Å². The Hall–Kier alpha value is -3.61. The summed E-state index contributed by atoms with van der Waals surface area (Å²) in [6.07, 6.45) is 10.7. The van der Waals surface area contributed by atoms with Gasteiger partial charge in [-0.25, -0.2) is 19.9 Å². The highest BCUT2D eigenvalue weighted by molar-refractivity contribution is 5.98. The molecule has 1 saturated heterocycles. The smallest absolute Gasteiger partial charge is 0.225 e. The first-order chi connectivity index (χ1) is 15.3. The molecule has 1 atom stereocenters. The number of fused-ring (bicyclic) bond motifs is 1. The van der Waals surface area contributed by atoms with Crippen molar-refractivity contribution in [3.63, 3.8) is 0 Å². The van der Waals surface area contributed by atoms with Crippen LogP contribution in [0.4, 0.5) is 11.9 Å². The van der Waals surface area contributed by atoms with Gasteiger partial charge in [-0.15, -0.1) is 0 Å². The van der Waals surface area contributed by atoms with Gasteiger partial charge in [-0.05, 0) is 24.0 Å². The van der Waals surface area contributed by atoms with Crippen LogP contribution in [0, 0.1) is 5.92 Å². The lowest BCUT2D eigenvalue weighted by atomic mass is 9.86. The van der Waals surface area contributed by atoms with Gasteiger partial charge in [0.25, 0.3) is 0 Å². The number of Topliss-reactive ketones (excluding diaryl/α,β-unsaturated/α-hetero) is 1. The number of ketones is 1. The van der Waals surface area contributed by atoms with Gasteiger partial charge in [0.15, 0.2) is 5.78 Å². The largest absolute Gasteiger partial charge is 0.337 e. The number of hydrogen-bond acceptors (Lipinski definition) is 7. The molecule has 0 radical (unpaired) electrons. The molecular weight excluding hydrogens is 388 g/mol. The third-order valence-corrected chi connectivity index (χ3v) is 5.82. The zero-order valence-electron chi connectivity index (χ0n) is 17.3. The summed E-state index contributed by atoms with van der Waals surface area (Å²) in [5, 5.41) is 0. The topological polar surface area (TPSA) is 75.1 Å². The van der Waals surface area contributed by atoms with E-state index in [0.717, 1.165) is 49.8 Å². The molecule has 1 aromatic carbocycles. The SMILES string of the molecule is O=C1C[C@@H](/C=C/c2ccccc2)Cc2nc(N3CCN(c4ncccn4)CC3)ncc21. The van der Waals surface area contributed by atoms with E-state index >= 15 is 0 Å². The highest BCUT2D eigenvalue weighted by Gasteiger charge is 2.27. The van der Waals surface area contributed by atoms with E-state index in [1.165, 1.54) is 0 Å². The van der Waals surface area contributed by atoms with Crippen molar-refractivity contribution in [1.29, 1.82) is 0 Å². The van der Waals surface area contributed by atoms with E-state index < -0.39 is 0 Å². The van der Waals surface area contributed by atoms with Crippen LogP contribution in [-0.2, 0) is 6.42 Å². The summed E-state index contributed by atoms with van der Waals surface area (Å²) in [5.74, 6) is 1.75. The molecule has 3 aromatic rings. The molecule has 3 heterocycles. The summed E-state index contributed by atoms with van der Waals surface area (Å²) in [6.45, 7) is 3.21. The molecule has 0 saturated carbocycles. The standard InChI is InChI=1S/C24H24N6O/c31-22-16-19(8-7-18-5-2-1-3-6-18)15-21-20(22)17-27-24(28-21)30-13-11-29(12-14-30)23-25-9-4-10-26-23/h1-10,17,19H,11-16H2/b8-7+/t19-/m0/s1. The molecule has 7 nitrogen and oxygen atoms in total. The van der Waals surface area contributed by atoms with Crippen molar-refractivity contribution in [2.75, 3.05) is 36.0 Å². The van der Waals surface area contributed by atoms with Crippen LogP contribution >= 0.6 is 0 Å². The Morgan fingerprint density at radius 1 is 0.839 bits per heavy atom. The van der Waals surface area contributed by atoms with Gasteiger partial charge in [0, 0.05) is 51.2 Å². The van der Waals surface area contributed by atoms with Crippen LogP contribution < -0.4 is 9.80 Å². The minimum atomic E-state index is 0.126. The molecule has 0 amide bonds. The lowest BCUT2D eigenvalue weighted by Crippen LogP contribution is -2.47. The van der Waals surface area contributed by atoms with E-state index in [4.69, 9.17) is 4.98 Å². The fraction of sp³-hybridized carbons (Fsp3) is 0.292. The van der Waals surface area contributed by atoms with E-state index in [2.05, 4.69) is 49.0 Å². The van der Waals surface area contributed by atoms with Gasteiger partial charge >= 0.3 is 0 Å². The van der Waals surface area contributed by atoms with E-state index in [1.54, 1.807) is 18.6 Å². The highest BCUT2D eigenvalue weighted by atomic mass is 16.1. The van der Waals surface area contributed by atoms with Crippen molar-refractivity contribution in [2.45, 2.75) is 12.8 Å². The number of piperazine rings is 1. The number of rotatable bonds is 4. The summed E-state index contributed by atoms with van der Waals surface area (Å²) < 4.78 is 0. The predicted octanol–water partition coefficient (Wildman–Crippen LogP) is 3.05. The highest BCUT2D eigenvalue weighted by Crippen LogP contribution is 2.27. The van der Waals surface area contributed by atoms with Gasteiger partial charge in [-0.3, -0.25) is 4.79 Å². The fourth-order valence-electron chi connectivity index (χ4n) is 4.12. The van der Waals surface area contributed by atoms with Crippen molar-refractivity contribution in [1.82, 2.24) is 19.9 Å². The third-order valence-electron chi connectivity index (χ3n) is 5.82. The molecule has 0 unspecified atom stereocenters. The third kappa shape index (κ3) is 4.30. The van der Waals surface area contributed by atoms with Gasteiger partial charge in [0.2, 0.25) is 11.9 Å². The molecule has 2 aromatic heterocycles. The maximum Gasteiger partial charge on any atom is 0.225 e. The van der Waals surface area contributed by atoms with E-state index in [9.17, 15) is 4.79 Å². The summed E-state index contributed by atoms with van der Waals surface area (Å²) >= 11 is 0. The van der Waals surface area contributed by atoms with Gasteiger partial charge in [-0.2, -0.15) is 0 Å². The minimum Gasteiger partial charge on any atom is -0.337 e. The molecular formula is C24H24N6O. The molecule has 1 aliphatic carbocycles. The van der Waals surface area contributed by atoms with Gasteiger partial charge < -0.3 is 9.80 Å². The lowest BCUT2D eigenvalue weighted by molar-refractivity contribution is 0.0957.